The van der Waals surface area contributed by atoms with E-state index in [1.807, 2.05) is 0 Å². The predicted octanol–water partition coefficient (Wildman–Crippen LogP) is 0.850. The largest absolute Gasteiger partial charge is 0.448 e. The molecule has 0 aliphatic carbocycles. The third-order valence-corrected chi connectivity index (χ3v) is 3.20. The first-order chi connectivity index (χ1) is 9.94. The second-order valence-electron chi connectivity index (χ2n) is 3.72. The molecule has 0 aromatic rings. The second-order valence-corrected chi connectivity index (χ2v) is 4.80. The van der Waals surface area contributed by atoms with Crippen LogP contribution in [-0.2, 0) is 19.1 Å². The number of rotatable bonds is 8. The molecule has 0 saturated carbocycles. The highest BCUT2D eigenvalue weighted by Crippen LogP contribution is 2.07. The van der Waals surface area contributed by atoms with E-state index in [1.165, 1.54) is 7.05 Å². The minimum atomic E-state index is -0.822. The Hall–Kier alpha value is -0.860. The standard InChI is InChI=1S/C10H15I2N3O6/c1-13-8(17)3-2-7(16)6(4-20-9(18)14-11)5-21-10(19)15-12/h6H,2-5H2,1H3,(H,13,17)(H,14,18)(H,15,19). The molecular weight excluding hydrogens is 512 g/mol. The molecule has 0 rings (SSSR count). The summed E-state index contributed by atoms with van der Waals surface area (Å²) in [5.74, 6) is -1.43. The molecule has 0 aromatic carbocycles. The van der Waals surface area contributed by atoms with Crippen LogP contribution in [0.4, 0.5) is 9.59 Å². The number of halogens is 2. The monoisotopic (exact) mass is 527 g/mol. The van der Waals surface area contributed by atoms with Crippen molar-refractivity contribution in [2.75, 3.05) is 20.3 Å². The van der Waals surface area contributed by atoms with Crippen LogP contribution in [0.5, 0.6) is 0 Å². The van der Waals surface area contributed by atoms with Crippen LogP contribution in [-0.4, -0.2) is 44.1 Å². The molecule has 0 unspecified atom stereocenters. The molecule has 0 atom stereocenters. The van der Waals surface area contributed by atoms with E-state index in [2.05, 4.69) is 12.4 Å². The van der Waals surface area contributed by atoms with Crippen molar-refractivity contribution in [1.82, 2.24) is 12.4 Å². The van der Waals surface area contributed by atoms with Gasteiger partial charge in [-0.25, -0.2) is 9.59 Å². The van der Waals surface area contributed by atoms with Gasteiger partial charge in [0.1, 0.15) is 19.0 Å². The number of carbonyl (C=O) groups excluding carboxylic acids is 4. The summed E-state index contributed by atoms with van der Waals surface area (Å²) < 4.78 is 14.0. The third kappa shape index (κ3) is 9.65. The van der Waals surface area contributed by atoms with Crippen molar-refractivity contribution in [2.24, 2.45) is 5.92 Å². The topological polar surface area (TPSA) is 123 Å². The zero-order chi connectivity index (χ0) is 16.3. The predicted molar refractivity (Wildman–Crippen MR) is 88.8 cm³/mol. The van der Waals surface area contributed by atoms with Crippen molar-refractivity contribution in [3.05, 3.63) is 0 Å². The van der Waals surface area contributed by atoms with Crippen molar-refractivity contribution in [3.8, 4) is 0 Å². The molecule has 9 nitrogen and oxygen atoms in total. The number of carbonyl (C=O) groups is 4. The first kappa shape index (κ1) is 20.1. The Bertz CT molecular complexity index is 373. The van der Waals surface area contributed by atoms with Gasteiger partial charge in [0, 0.05) is 19.9 Å². The molecule has 3 N–H and O–H groups in total. The van der Waals surface area contributed by atoms with Crippen LogP contribution in [0, 0.1) is 5.92 Å². The molecule has 120 valence electrons. The smallest absolute Gasteiger partial charge is 0.415 e. The van der Waals surface area contributed by atoms with Gasteiger partial charge in [-0.15, -0.1) is 0 Å². The zero-order valence-electron chi connectivity index (χ0n) is 11.1. The lowest BCUT2D eigenvalue weighted by Gasteiger charge is -2.15. The summed E-state index contributed by atoms with van der Waals surface area (Å²) in [5, 5.41) is 2.39. The molecule has 0 aromatic heterocycles. The minimum Gasteiger partial charge on any atom is -0.448 e. The quantitative estimate of drug-likeness (QED) is 0.318. The fourth-order valence-electron chi connectivity index (χ4n) is 1.21. The normalized spacial score (nSPS) is 9.71. The Morgan fingerprint density at radius 2 is 1.43 bits per heavy atom. The fourth-order valence-corrected chi connectivity index (χ4v) is 1.52. The van der Waals surface area contributed by atoms with Gasteiger partial charge >= 0.3 is 12.2 Å². The minimum absolute atomic E-state index is 0.0167. The number of hydrogen-bond acceptors (Lipinski definition) is 6. The number of Topliss-reactive ketones (excluding diaryl/α,β-unsaturated/α-hetero) is 1. The lowest BCUT2D eigenvalue weighted by Crippen LogP contribution is -2.31. The maximum Gasteiger partial charge on any atom is 0.415 e. The summed E-state index contributed by atoms with van der Waals surface area (Å²) in [6.07, 6.45) is -1.44. The van der Waals surface area contributed by atoms with Crippen LogP contribution >= 0.6 is 45.7 Å². The average Bonchev–Trinajstić information content (AvgIpc) is 2.51. The SMILES string of the molecule is CNC(=O)CCC(=O)C(COC(=O)NI)COC(=O)NI. The summed E-state index contributed by atoms with van der Waals surface area (Å²) in [7, 11) is 1.46. The van der Waals surface area contributed by atoms with E-state index in [4.69, 9.17) is 9.47 Å². The highest BCUT2D eigenvalue weighted by atomic mass is 127. The van der Waals surface area contributed by atoms with Crippen LogP contribution in [0.2, 0.25) is 0 Å². The first-order valence-electron chi connectivity index (χ1n) is 5.74. The van der Waals surface area contributed by atoms with E-state index >= 15 is 0 Å². The van der Waals surface area contributed by atoms with E-state index in [0.29, 0.717) is 0 Å². The van der Waals surface area contributed by atoms with Gasteiger partial charge < -0.3 is 14.8 Å². The summed E-state index contributed by atoms with van der Waals surface area (Å²) in [6, 6.07) is 0. The van der Waals surface area contributed by atoms with Crippen molar-refractivity contribution in [2.45, 2.75) is 12.8 Å². The molecule has 0 spiro atoms. The Morgan fingerprint density at radius 1 is 0.952 bits per heavy atom. The van der Waals surface area contributed by atoms with Gasteiger partial charge in [-0.1, -0.05) is 0 Å². The van der Waals surface area contributed by atoms with E-state index in [9.17, 15) is 19.2 Å². The molecular formula is C10H15I2N3O6. The van der Waals surface area contributed by atoms with Gasteiger partial charge in [0.15, 0.2) is 0 Å². The van der Waals surface area contributed by atoms with Crippen molar-refractivity contribution in [3.63, 3.8) is 0 Å². The summed E-state index contributed by atoms with van der Waals surface area (Å²) in [4.78, 5) is 45.1. The lowest BCUT2D eigenvalue weighted by atomic mass is 10.0. The highest BCUT2D eigenvalue weighted by Gasteiger charge is 2.23. The maximum absolute atomic E-state index is 12.0. The summed E-state index contributed by atoms with van der Waals surface area (Å²) in [5.41, 5.74) is 0. The Kier molecular flexibility index (Phi) is 11.3. The number of hydrogen-bond donors (Lipinski definition) is 3. The Labute approximate surface area is 149 Å². The number of nitrogens with one attached hydrogen (secondary N) is 3. The van der Waals surface area contributed by atoms with Crippen LogP contribution in [0.15, 0.2) is 0 Å². The van der Waals surface area contributed by atoms with Gasteiger partial charge in [-0.2, -0.15) is 0 Å². The van der Waals surface area contributed by atoms with E-state index in [0.717, 1.165) is 0 Å². The molecule has 0 radical (unpaired) electrons. The van der Waals surface area contributed by atoms with Crippen LogP contribution in [0.1, 0.15) is 12.8 Å². The molecule has 0 fully saturated rings. The molecule has 0 aliphatic rings. The van der Waals surface area contributed by atoms with E-state index in [-0.39, 0.29) is 37.7 Å². The molecule has 11 heteroatoms. The molecule has 0 aliphatic heterocycles. The second kappa shape index (κ2) is 11.8. The summed E-state index contributed by atoms with van der Waals surface area (Å²) in [6.45, 7) is -0.480. The van der Waals surface area contributed by atoms with Gasteiger partial charge in [0.05, 0.1) is 51.6 Å². The molecule has 0 heterocycles. The first-order valence-corrected chi connectivity index (χ1v) is 7.90. The van der Waals surface area contributed by atoms with Crippen LogP contribution in [0.3, 0.4) is 0 Å². The third-order valence-electron chi connectivity index (χ3n) is 2.32. The number of amides is 3. The number of ketones is 1. The van der Waals surface area contributed by atoms with Gasteiger partial charge in [-0.05, 0) is 0 Å². The van der Waals surface area contributed by atoms with Crippen LogP contribution < -0.4 is 12.4 Å². The summed E-state index contributed by atoms with van der Waals surface area (Å²) >= 11 is 3.17. The highest BCUT2D eigenvalue weighted by molar-refractivity contribution is 14.1. The van der Waals surface area contributed by atoms with E-state index < -0.39 is 18.1 Å². The maximum atomic E-state index is 12.0. The molecule has 0 bridgehead atoms. The lowest BCUT2D eigenvalue weighted by molar-refractivity contribution is -0.128. The Morgan fingerprint density at radius 3 is 1.81 bits per heavy atom. The van der Waals surface area contributed by atoms with Crippen molar-refractivity contribution >= 4 is 69.6 Å². The van der Waals surface area contributed by atoms with Crippen molar-refractivity contribution in [1.29, 1.82) is 0 Å². The van der Waals surface area contributed by atoms with Crippen molar-refractivity contribution < 1.29 is 28.7 Å². The molecule has 21 heavy (non-hydrogen) atoms. The fraction of sp³-hybridized carbons (Fsp3) is 0.600. The molecule has 3 amide bonds. The van der Waals surface area contributed by atoms with Gasteiger partial charge in [0.2, 0.25) is 5.91 Å². The average molecular weight is 527 g/mol. The van der Waals surface area contributed by atoms with Gasteiger partial charge in [-0.3, -0.25) is 16.6 Å². The van der Waals surface area contributed by atoms with Gasteiger partial charge in [0.25, 0.3) is 0 Å². The zero-order valence-corrected chi connectivity index (χ0v) is 15.4. The molecule has 0 saturated heterocycles. The van der Waals surface area contributed by atoms with Crippen LogP contribution in [0.25, 0.3) is 0 Å². The van der Waals surface area contributed by atoms with E-state index in [1.54, 1.807) is 45.7 Å². The number of ether oxygens (including phenoxy) is 2. The Balaban J connectivity index is 4.46.